The topological polar surface area (TPSA) is 88.2 Å². The lowest BCUT2D eigenvalue weighted by Crippen LogP contribution is -2.50. The van der Waals surface area contributed by atoms with Gasteiger partial charge in [0.05, 0.1) is 7.11 Å². The van der Waals surface area contributed by atoms with Crippen molar-refractivity contribution in [3.8, 4) is 5.75 Å². The number of methoxy groups -OCH3 is 1. The molecule has 26 heavy (non-hydrogen) atoms. The van der Waals surface area contributed by atoms with E-state index in [1.165, 1.54) is 0 Å². The lowest BCUT2D eigenvalue weighted by molar-refractivity contribution is -0.110. The second-order valence-corrected chi connectivity index (χ2v) is 6.36. The number of rotatable bonds is 4. The summed E-state index contributed by atoms with van der Waals surface area (Å²) in [7, 11) is 1.62. The zero-order valence-corrected chi connectivity index (χ0v) is 14.8. The maximum absolute atomic E-state index is 12.6. The van der Waals surface area contributed by atoms with Crippen LogP contribution in [0.5, 0.6) is 5.75 Å². The van der Waals surface area contributed by atoms with E-state index in [4.69, 9.17) is 9.47 Å². The fourth-order valence-electron chi connectivity index (χ4n) is 3.46. The fraction of sp³-hybridized carbons (Fsp3) is 0.500. The van der Waals surface area contributed by atoms with E-state index in [-0.39, 0.29) is 18.7 Å². The molecule has 0 saturated carbocycles. The lowest BCUT2D eigenvalue weighted by Gasteiger charge is -2.37. The van der Waals surface area contributed by atoms with Gasteiger partial charge in [-0.2, -0.15) is 0 Å². The van der Waals surface area contributed by atoms with E-state index < -0.39 is 6.09 Å². The summed E-state index contributed by atoms with van der Waals surface area (Å²) in [6.07, 6.45) is 2.19. The predicted octanol–water partition coefficient (Wildman–Crippen LogP) is 1.89. The van der Waals surface area contributed by atoms with Crippen LogP contribution in [0.2, 0.25) is 0 Å². The van der Waals surface area contributed by atoms with Crippen LogP contribution in [0, 0.1) is 0 Å². The van der Waals surface area contributed by atoms with E-state index in [1.807, 2.05) is 23.1 Å². The number of nitrogens with zero attached hydrogens (tertiary/aromatic N) is 2. The smallest absolute Gasteiger partial charge is 0.410 e. The monoisotopic (exact) mass is 361 g/mol. The van der Waals surface area contributed by atoms with Crippen molar-refractivity contribution in [2.45, 2.75) is 25.3 Å². The maximum atomic E-state index is 12.6. The Bertz CT molecular complexity index is 685. The first-order valence-corrected chi connectivity index (χ1v) is 8.72. The molecule has 2 aliphatic heterocycles. The number of nitrogens with one attached hydrogen (secondary N) is 1. The zero-order chi connectivity index (χ0) is 18.5. The van der Waals surface area contributed by atoms with Crippen molar-refractivity contribution < 1.29 is 23.9 Å². The number of ether oxygens (including phenoxy) is 2. The number of urea groups is 1. The number of hydrogen-bond acceptors (Lipinski definition) is 5. The molecule has 140 valence electrons. The minimum absolute atomic E-state index is 0.0707. The van der Waals surface area contributed by atoms with Gasteiger partial charge in [-0.05, 0) is 43.0 Å². The summed E-state index contributed by atoms with van der Waals surface area (Å²) in [4.78, 5) is 38.2. The van der Waals surface area contributed by atoms with Crippen LogP contribution in [0.3, 0.4) is 0 Å². The first kappa shape index (κ1) is 18.0. The molecule has 0 atom stereocenters. The molecule has 3 amide bonds. The Balaban J connectivity index is 1.60. The summed E-state index contributed by atoms with van der Waals surface area (Å²) in [5.41, 5.74) is 1.86. The number of amides is 3. The van der Waals surface area contributed by atoms with Gasteiger partial charge in [0.2, 0.25) is 0 Å². The molecule has 2 heterocycles. The normalized spacial score (nSPS) is 17.8. The van der Waals surface area contributed by atoms with Crippen LogP contribution in [0.15, 0.2) is 18.2 Å². The SMILES string of the molecule is COc1ccc2c(c1)CCN(C1CCN(C(=O)OCC=O)CC1)C(=O)N2. The van der Waals surface area contributed by atoms with Gasteiger partial charge in [-0.15, -0.1) is 0 Å². The van der Waals surface area contributed by atoms with Crippen LogP contribution in [0.1, 0.15) is 18.4 Å². The summed E-state index contributed by atoms with van der Waals surface area (Å²) < 4.78 is 10.1. The van der Waals surface area contributed by atoms with Gasteiger partial charge in [0.25, 0.3) is 0 Å². The van der Waals surface area contributed by atoms with Crippen LogP contribution in [0.4, 0.5) is 15.3 Å². The Morgan fingerprint density at radius 1 is 1.31 bits per heavy atom. The van der Waals surface area contributed by atoms with Gasteiger partial charge in [-0.25, -0.2) is 9.59 Å². The molecule has 8 heteroatoms. The number of carbonyl (C=O) groups excluding carboxylic acids is 3. The fourth-order valence-corrected chi connectivity index (χ4v) is 3.46. The van der Waals surface area contributed by atoms with Gasteiger partial charge in [0.1, 0.15) is 12.4 Å². The molecule has 2 aliphatic rings. The number of likely N-dealkylation sites (tertiary alicyclic amines) is 1. The molecule has 1 fully saturated rings. The molecule has 0 unspecified atom stereocenters. The standard InChI is InChI=1S/C18H23N3O5/c1-25-15-2-3-16-13(12-15)4-9-21(17(23)19-16)14-5-7-20(8-6-14)18(24)26-11-10-22/h2-3,10,12,14H,4-9,11H2,1H3,(H,19,23). The second kappa shape index (κ2) is 8.07. The van der Waals surface area contributed by atoms with Crippen molar-refractivity contribution in [1.29, 1.82) is 0 Å². The van der Waals surface area contributed by atoms with E-state index in [9.17, 15) is 14.4 Å². The van der Waals surface area contributed by atoms with E-state index in [0.29, 0.717) is 38.8 Å². The minimum atomic E-state index is -0.477. The summed E-state index contributed by atoms with van der Waals surface area (Å²) in [6.45, 7) is 1.40. The Hall–Kier alpha value is -2.77. The Morgan fingerprint density at radius 3 is 2.77 bits per heavy atom. The highest BCUT2D eigenvalue weighted by molar-refractivity contribution is 5.91. The lowest BCUT2D eigenvalue weighted by atomic mass is 10.0. The van der Waals surface area contributed by atoms with Gasteiger partial charge in [0, 0.05) is 31.4 Å². The first-order chi connectivity index (χ1) is 12.6. The van der Waals surface area contributed by atoms with Crippen molar-refractivity contribution in [2.24, 2.45) is 0 Å². The number of piperidine rings is 1. The molecule has 0 aromatic heterocycles. The molecule has 0 spiro atoms. The van der Waals surface area contributed by atoms with Gasteiger partial charge in [-0.1, -0.05) is 0 Å². The average molecular weight is 361 g/mol. The minimum Gasteiger partial charge on any atom is -0.497 e. The number of carbonyl (C=O) groups is 3. The maximum Gasteiger partial charge on any atom is 0.410 e. The van der Waals surface area contributed by atoms with Crippen LogP contribution < -0.4 is 10.1 Å². The zero-order valence-electron chi connectivity index (χ0n) is 14.8. The van der Waals surface area contributed by atoms with Gasteiger partial charge >= 0.3 is 12.1 Å². The summed E-state index contributed by atoms with van der Waals surface area (Å²) in [5.74, 6) is 0.772. The van der Waals surface area contributed by atoms with E-state index in [0.717, 1.165) is 23.4 Å². The van der Waals surface area contributed by atoms with Gasteiger partial charge in [-0.3, -0.25) is 4.79 Å². The Morgan fingerprint density at radius 2 is 2.08 bits per heavy atom. The van der Waals surface area contributed by atoms with Crippen molar-refractivity contribution in [1.82, 2.24) is 9.80 Å². The quantitative estimate of drug-likeness (QED) is 0.828. The van der Waals surface area contributed by atoms with Gasteiger partial charge in [0.15, 0.2) is 6.29 Å². The molecular formula is C18H23N3O5. The Labute approximate surface area is 152 Å². The van der Waals surface area contributed by atoms with E-state index in [2.05, 4.69) is 5.32 Å². The number of aldehydes is 1. The van der Waals surface area contributed by atoms with Gasteiger partial charge < -0.3 is 24.6 Å². The van der Waals surface area contributed by atoms with E-state index >= 15 is 0 Å². The first-order valence-electron chi connectivity index (χ1n) is 8.72. The van der Waals surface area contributed by atoms with Crippen LogP contribution in [0.25, 0.3) is 0 Å². The predicted molar refractivity (Wildman–Crippen MR) is 94.4 cm³/mol. The molecule has 1 aromatic rings. The molecule has 8 nitrogen and oxygen atoms in total. The molecule has 0 aliphatic carbocycles. The number of benzene rings is 1. The molecule has 0 bridgehead atoms. The summed E-state index contributed by atoms with van der Waals surface area (Å²) >= 11 is 0. The second-order valence-electron chi connectivity index (χ2n) is 6.36. The van der Waals surface area contributed by atoms with Crippen LogP contribution in [-0.2, 0) is 16.0 Å². The van der Waals surface area contributed by atoms with Crippen molar-refractivity contribution in [3.05, 3.63) is 23.8 Å². The summed E-state index contributed by atoms with van der Waals surface area (Å²) in [5, 5.41) is 2.97. The van der Waals surface area contributed by atoms with Crippen molar-refractivity contribution >= 4 is 24.1 Å². The highest BCUT2D eigenvalue weighted by atomic mass is 16.6. The molecule has 0 radical (unpaired) electrons. The third-order valence-corrected chi connectivity index (χ3v) is 4.88. The molecule has 3 rings (SSSR count). The highest BCUT2D eigenvalue weighted by Crippen LogP contribution is 2.27. The summed E-state index contributed by atoms with van der Waals surface area (Å²) in [6, 6.07) is 5.60. The molecule has 1 N–H and O–H groups in total. The van der Waals surface area contributed by atoms with E-state index in [1.54, 1.807) is 12.0 Å². The third kappa shape index (κ3) is 3.89. The number of hydrogen-bond donors (Lipinski definition) is 1. The molecule has 1 saturated heterocycles. The molecule has 1 aromatic carbocycles. The van der Waals surface area contributed by atoms with Crippen LogP contribution in [-0.4, -0.2) is 67.6 Å². The Kier molecular flexibility index (Phi) is 5.60. The average Bonchev–Trinajstić information content (AvgIpc) is 2.83. The number of anilines is 1. The largest absolute Gasteiger partial charge is 0.497 e. The number of fused-ring (bicyclic) bond motifs is 1. The third-order valence-electron chi connectivity index (χ3n) is 4.88. The van der Waals surface area contributed by atoms with Crippen molar-refractivity contribution in [3.63, 3.8) is 0 Å². The molecular weight excluding hydrogens is 338 g/mol. The van der Waals surface area contributed by atoms with Crippen molar-refractivity contribution in [2.75, 3.05) is 38.7 Å². The highest BCUT2D eigenvalue weighted by Gasteiger charge is 2.31. The van der Waals surface area contributed by atoms with Crippen LogP contribution >= 0.6 is 0 Å².